The van der Waals surface area contributed by atoms with Crippen LogP contribution >= 0.6 is 0 Å². The molecule has 0 aliphatic heterocycles. The Hall–Kier alpha value is -1.08. The van der Waals surface area contributed by atoms with Gasteiger partial charge in [-0.15, -0.1) is 6.58 Å². The monoisotopic (exact) mass is 297 g/mol. The highest BCUT2D eigenvalue weighted by molar-refractivity contribution is 5.31. The van der Waals surface area contributed by atoms with E-state index in [4.69, 9.17) is 5.73 Å². The molecule has 0 saturated heterocycles. The molecule has 2 N–H and O–H groups in total. The molecule has 1 heteroatoms. The van der Waals surface area contributed by atoms with Crippen LogP contribution in [0.25, 0.3) is 0 Å². The van der Waals surface area contributed by atoms with Gasteiger partial charge in [-0.25, -0.2) is 0 Å². The fourth-order valence-electron chi connectivity index (χ4n) is 5.00. The Bertz CT molecular complexity index is 473. The average molecular weight is 297 g/mol. The topological polar surface area (TPSA) is 26.0 Å². The van der Waals surface area contributed by atoms with Crippen molar-refractivity contribution in [3.05, 3.63) is 48.0 Å². The molecule has 120 valence electrons. The van der Waals surface area contributed by atoms with Gasteiger partial charge in [0.15, 0.2) is 0 Å². The van der Waals surface area contributed by atoms with Gasteiger partial charge in [-0.2, -0.15) is 0 Å². The summed E-state index contributed by atoms with van der Waals surface area (Å²) in [5, 5.41) is 0. The molecule has 0 heterocycles. The Labute approximate surface area is 136 Å². The van der Waals surface area contributed by atoms with E-state index in [0.29, 0.717) is 12.0 Å². The van der Waals surface area contributed by atoms with Crippen molar-refractivity contribution < 1.29 is 0 Å². The molecule has 1 aromatic rings. The lowest BCUT2D eigenvalue weighted by atomic mass is 9.58. The predicted molar refractivity (Wildman–Crippen MR) is 94.7 cm³/mol. The highest BCUT2D eigenvalue weighted by Gasteiger charge is 2.42. The van der Waals surface area contributed by atoms with E-state index in [1.807, 2.05) is 0 Å². The molecule has 2 aliphatic carbocycles. The summed E-state index contributed by atoms with van der Waals surface area (Å²) in [6.07, 6.45) is 14.6. The minimum Gasteiger partial charge on any atom is -0.326 e. The van der Waals surface area contributed by atoms with Crippen molar-refractivity contribution in [3.63, 3.8) is 0 Å². The summed E-state index contributed by atoms with van der Waals surface area (Å²) in [7, 11) is 0. The zero-order valence-electron chi connectivity index (χ0n) is 13.9. The maximum Gasteiger partial charge on any atom is 0.0178 e. The van der Waals surface area contributed by atoms with E-state index in [9.17, 15) is 0 Å². The van der Waals surface area contributed by atoms with E-state index in [1.165, 1.54) is 63.4 Å². The van der Waals surface area contributed by atoms with Crippen molar-refractivity contribution in [3.8, 4) is 0 Å². The third-order valence-electron chi connectivity index (χ3n) is 6.40. The number of allylic oxidation sites excluding steroid dienone is 1. The van der Waals surface area contributed by atoms with Gasteiger partial charge in [0.1, 0.15) is 0 Å². The molecule has 22 heavy (non-hydrogen) atoms. The van der Waals surface area contributed by atoms with E-state index in [1.54, 1.807) is 5.56 Å². The molecule has 2 fully saturated rings. The van der Waals surface area contributed by atoms with Crippen LogP contribution in [0.2, 0.25) is 0 Å². The zero-order chi connectivity index (χ0) is 15.4. The van der Waals surface area contributed by atoms with Crippen LogP contribution in [-0.2, 0) is 12.0 Å². The number of nitrogens with two attached hydrogens (primary N) is 1. The fraction of sp³-hybridized carbons (Fsp3) is 0.619. The van der Waals surface area contributed by atoms with Crippen molar-refractivity contribution in [2.75, 3.05) is 0 Å². The molecule has 0 spiro atoms. The first-order chi connectivity index (χ1) is 10.8. The molecular formula is C21H31N. The summed E-state index contributed by atoms with van der Waals surface area (Å²) >= 11 is 0. The molecule has 1 aromatic carbocycles. The summed E-state index contributed by atoms with van der Waals surface area (Å²) in [5.74, 6) is 1.63. The summed E-state index contributed by atoms with van der Waals surface area (Å²) < 4.78 is 0. The van der Waals surface area contributed by atoms with Gasteiger partial charge in [-0.05, 0) is 66.9 Å². The van der Waals surface area contributed by atoms with Crippen molar-refractivity contribution in [2.24, 2.45) is 17.6 Å². The SMILES string of the molecule is C=CC1CCC(C2(c3ccc(CN)cc3)CCCCC2)CC1. The second kappa shape index (κ2) is 7.00. The maximum atomic E-state index is 5.78. The van der Waals surface area contributed by atoms with Crippen molar-refractivity contribution in [2.45, 2.75) is 69.7 Å². The smallest absolute Gasteiger partial charge is 0.0178 e. The van der Waals surface area contributed by atoms with Crippen LogP contribution in [0.4, 0.5) is 0 Å². The second-order valence-corrected chi connectivity index (χ2v) is 7.47. The number of benzene rings is 1. The molecule has 2 aliphatic rings. The van der Waals surface area contributed by atoms with Gasteiger partial charge in [0.25, 0.3) is 0 Å². The normalized spacial score (nSPS) is 28.2. The molecule has 0 bridgehead atoms. The van der Waals surface area contributed by atoms with E-state index >= 15 is 0 Å². The Balaban J connectivity index is 1.85. The van der Waals surface area contributed by atoms with Crippen molar-refractivity contribution in [1.82, 2.24) is 0 Å². The molecule has 0 atom stereocenters. The summed E-state index contributed by atoms with van der Waals surface area (Å²) in [5.41, 5.74) is 9.06. The summed E-state index contributed by atoms with van der Waals surface area (Å²) in [4.78, 5) is 0. The third-order valence-corrected chi connectivity index (χ3v) is 6.40. The molecule has 2 saturated carbocycles. The first-order valence-electron chi connectivity index (χ1n) is 9.20. The van der Waals surface area contributed by atoms with Gasteiger partial charge < -0.3 is 5.73 Å². The Morgan fingerprint density at radius 2 is 1.64 bits per heavy atom. The molecule has 0 aromatic heterocycles. The zero-order valence-corrected chi connectivity index (χ0v) is 13.9. The highest BCUT2D eigenvalue weighted by Crippen LogP contribution is 2.50. The van der Waals surface area contributed by atoms with Crippen LogP contribution in [0.5, 0.6) is 0 Å². The fourth-order valence-corrected chi connectivity index (χ4v) is 5.00. The van der Waals surface area contributed by atoms with Gasteiger partial charge in [-0.3, -0.25) is 0 Å². The third kappa shape index (κ3) is 3.01. The lowest BCUT2D eigenvalue weighted by Gasteiger charge is -2.47. The molecule has 3 rings (SSSR count). The number of rotatable bonds is 4. The Morgan fingerprint density at radius 3 is 2.18 bits per heavy atom. The van der Waals surface area contributed by atoms with Gasteiger partial charge in [0.2, 0.25) is 0 Å². The van der Waals surface area contributed by atoms with Crippen LogP contribution in [0.15, 0.2) is 36.9 Å². The standard InChI is InChI=1S/C21H31N/c1-2-17-6-10-19(11-7-17)21(14-4-3-5-15-21)20-12-8-18(16-22)9-13-20/h2,8-9,12-13,17,19H,1,3-7,10-11,14-16,22H2. The first-order valence-corrected chi connectivity index (χ1v) is 9.20. The van der Waals surface area contributed by atoms with Crippen LogP contribution in [0.1, 0.15) is 68.9 Å². The lowest BCUT2D eigenvalue weighted by molar-refractivity contribution is 0.136. The minimum absolute atomic E-state index is 0.442. The van der Waals surface area contributed by atoms with Gasteiger partial charge >= 0.3 is 0 Å². The Morgan fingerprint density at radius 1 is 1.00 bits per heavy atom. The van der Waals surface area contributed by atoms with E-state index < -0.39 is 0 Å². The van der Waals surface area contributed by atoms with Crippen LogP contribution in [0.3, 0.4) is 0 Å². The lowest BCUT2D eigenvalue weighted by Crippen LogP contribution is -2.39. The Kier molecular flexibility index (Phi) is 5.03. The van der Waals surface area contributed by atoms with Gasteiger partial charge in [0, 0.05) is 6.54 Å². The second-order valence-electron chi connectivity index (χ2n) is 7.47. The largest absolute Gasteiger partial charge is 0.326 e. The minimum atomic E-state index is 0.442. The molecule has 0 amide bonds. The van der Waals surface area contributed by atoms with E-state index in [0.717, 1.165) is 11.8 Å². The van der Waals surface area contributed by atoms with Gasteiger partial charge in [-0.1, -0.05) is 49.6 Å². The van der Waals surface area contributed by atoms with Crippen molar-refractivity contribution in [1.29, 1.82) is 0 Å². The van der Waals surface area contributed by atoms with Crippen LogP contribution in [-0.4, -0.2) is 0 Å². The predicted octanol–water partition coefficient (Wildman–Crippen LogP) is 5.34. The quantitative estimate of drug-likeness (QED) is 0.746. The average Bonchev–Trinajstić information content (AvgIpc) is 2.62. The maximum absolute atomic E-state index is 5.78. The first kappa shape index (κ1) is 15.8. The van der Waals surface area contributed by atoms with E-state index in [2.05, 4.69) is 36.9 Å². The van der Waals surface area contributed by atoms with Crippen LogP contribution < -0.4 is 5.73 Å². The molecular weight excluding hydrogens is 266 g/mol. The molecule has 0 radical (unpaired) electrons. The molecule has 0 unspecified atom stereocenters. The molecule has 1 nitrogen and oxygen atoms in total. The van der Waals surface area contributed by atoms with Crippen LogP contribution in [0, 0.1) is 11.8 Å². The summed E-state index contributed by atoms with van der Waals surface area (Å²) in [6.45, 7) is 4.66. The van der Waals surface area contributed by atoms with Gasteiger partial charge in [0.05, 0.1) is 0 Å². The summed E-state index contributed by atoms with van der Waals surface area (Å²) in [6, 6.07) is 9.27. The number of hydrogen-bond acceptors (Lipinski definition) is 1. The van der Waals surface area contributed by atoms with E-state index in [-0.39, 0.29) is 0 Å². The number of hydrogen-bond donors (Lipinski definition) is 1. The highest BCUT2D eigenvalue weighted by atomic mass is 14.5. The van der Waals surface area contributed by atoms with Crippen molar-refractivity contribution >= 4 is 0 Å².